The minimum atomic E-state index is 0.0701. The Morgan fingerprint density at radius 1 is 1.14 bits per heavy atom. The molecule has 1 atom stereocenters. The molecule has 1 saturated heterocycles. The SMILES string of the molecule is Cc1cc(C)n(CC2CN(c3nc(-c4cccs4)nc4ccccc34)CCO2)n1. The summed E-state index contributed by atoms with van der Waals surface area (Å²) >= 11 is 1.67. The monoisotopic (exact) mass is 405 g/mol. The summed E-state index contributed by atoms with van der Waals surface area (Å²) in [5.41, 5.74) is 3.18. The summed E-state index contributed by atoms with van der Waals surface area (Å²) < 4.78 is 8.11. The fourth-order valence-corrected chi connectivity index (χ4v) is 4.55. The van der Waals surface area contributed by atoms with Crippen LogP contribution >= 0.6 is 11.3 Å². The zero-order valence-corrected chi connectivity index (χ0v) is 17.4. The van der Waals surface area contributed by atoms with Crippen molar-refractivity contribution in [3.05, 3.63) is 59.2 Å². The van der Waals surface area contributed by atoms with Crippen LogP contribution in [0.4, 0.5) is 5.82 Å². The maximum absolute atomic E-state index is 6.07. The van der Waals surface area contributed by atoms with Crippen LogP contribution in [-0.4, -0.2) is 45.5 Å². The number of aromatic nitrogens is 4. The highest BCUT2D eigenvalue weighted by Crippen LogP contribution is 2.30. The Kier molecular flexibility index (Phi) is 4.77. The average molecular weight is 406 g/mol. The van der Waals surface area contributed by atoms with Gasteiger partial charge in [-0.15, -0.1) is 11.3 Å². The zero-order chi connectivity index (χ0) is 19.8. The normalized spacial score (nSPS) is 17.2. The van der Waals surface area contributed by atoms with Gasteiger partial charge in [0.2, 0.25) is 0 Å². The fourth-order valence-electron chi connectivity index (χ4n) is 3.89. The molecular weight excluding hydrogens is 382 g/mol. The molecule has 4 aromatic rings. The molecule has 0 spiro atoms. The molecule has 0 N–H and O–H groups in total. The number of rotatable bonds is 4. The zero-order valence-electron chi connectivity index (χ0n) is 16.6. The number of nitrogens with zero attached hydrogens (tertiary/aromatic N) is 5. The molecule has 148 valence electrons. The second kappa shape index (κ2) is 7.57. The first kappa shape index (κ1) is 18.3. The molecular formula is C22H23N5OS. The van der Waals surface area contributed by atoms with Gasteiger partial charge in [-0.1, -0.05) is 18.2 Å². The number of para-hydroxylation sites is 1. The predicted octanol–water partition coefficient (Wildman–Crippen LogP) is 4.08. The lowest BCUT2D eigenvalue weighted by Crippen LogP contribution is -2.45. The van der Waals surface area contributed by atoms with E-state index in [-0.39, 0.29) is 6.10 Å². The topological polar surface area (TPSA) is 56.1 Å². The molecule has 1 aliphatic heterocycles. The molecule has 1 fully saturated rings. The Morgan fingerprint density at radius 3 is 2.83 bits per heavy atom. The quantitative estimate of drug-likeness (QED) is 0.512. The van der Waals surface area contributed by atoms with Gasteiger partial charge in [-0.25, -0.2) is 9.97 Å². The Morgan fingerprint density at radius 2 is 2.03 bits per heavy atom. The van der Waals surface area contributed by atoms with Crippen LogP contribution in [0.2, 0.25) is 0 Å². The maximum Gasteiger partial charge on any atom is 0.172 e. The molecule has 29 heavy (non-hydrogen) atoms. The third-order valence-corrected chi connectivity index (χ3v) is 6.11. The minimum absolute atomic E-state index is 0.0701. The van der Waals surface area contributed by atoms with Gasteiger partial charge in [0.05, 0.1) is 35.3 Å². The predicted molar refractivity (Wildman–Crippen MR) is 117 cm³/mol. The Balaban J connectivity index is 1.48. The van der Waals surface area contributed by atoms with E-state index in [9.17, 15) is 0 Å². The second-order valence-corrected chi connectivity index (χ2v) is 8.36. The van der Waals surface area contributed by atoms with Crippen LogP contribution < -0.4 is 4.90 Å². The van der Waals surface area contributed by atoms with Crippen molar-refractivity contribution in [3.8, 4) is 10.7 Å². The van der Waals surface area contributed by atoms with Gasteiger partial charge < -0.3 is 9.64 Å². The standard InChI is InChI=1S/C22H23N5OS/c1-15-12-16(2)27(25-15)14-17-13-26(9-10-28-17)22-18-6-3-4-7-19(18)23-21(24-22)20-8-5-11-29-20/h3-8,11-12,17H,9-10,13-14H2,1-2H3. The largest absolute Gasteiger partial charge is 0.373 e. The van der Waals surface area contributed by atoms with Gasteiger partial charge in [0, 0.05) is 24.2 Å². The van der Waals surface area contributed by atoms with Gasteiger partial charge in [0.25, 0.3) is 0 Å². The molecule has 4 heterocycles. The first-order chi connectivity index (χ1) is 14.2. The van der Waals surface area contributed by atoms with Crippen LogP contribution in [0.25, 0.3) is 21.6 Å². The van der Waals surface area contributed by atoms with E-state index in [1.165, 1.54) is 0 Å². The van der Waals surface area contributed by atoms with Crippen LogP contribution in [0.15, 0.2) is 47.8 Å². The van der Waals surface area contributed by atoms with Crippen LogP contribution in [0, 0.1) is 13.8 Å². The number of aryl methyl sites for hydroxylation is 2. The summed E-state index contributed by atoms with van der Waals surface area (Å²) in [6.07, 6.45) is 0.0701. The number of hydrogen-bond acceptors (Lipinski definition) is 6. The van der Waals surface area contributed by atoms with Crippen LogP contribution in [0.3, 0.4) is 0 Å². The highest BCUT2D eigenvalue weighted by atomic mass is 32.1. The molecule has 0 bridgehead atoms. The minimum Gasteiger partial charge on any atom is -0.373 e. The molecule has 0 saturated carbocycles. The van der Waals surface area contributed by atoms with Gasteiger partial charge >= 0.3 is 0 Å². The van der Waals surface area contributed by atoms with Gasteiger partial charge in [-0.3, -0.25) is 4.68 Å². The number of fused-ring (bicyclic) bond motifs is 1. The highest BCUT2D eigenvalue weighted by molar-refractivity contribution is 7.13. The number of benzene rings is 1. The van der Waals surface area contributed by atoms with Gasteiger partial charge in [-0.05, 0) is 43.5 Å². The molecule has 5 rings (SSSR count). The summed E-state index contributed by atoms with van der Waals surface area (Å²) in [5.74, 6) is 1.77. The number of thiophene rings is 1. The lowest BCUT2D eigenvalue weighted by atomic mass is 10.2. The van der Waals surface area contributed by atoms with Crippen LogP contribution in [0.5, 0.6) is 0 Å². The molecule has 3 aromatic heterocycles. The number of anilines is 1. The molecule has 0 aliphatic carbocycles. The first-order valence-corrected chi connectivity index (χ1v) is 10.7. The van der Waals surface area contributed by atoms with Crippen molar-refractivity contribution in [2.75, 3.05) is 24.6 Å². The smallest absolute Gasteiger partial charge is 0.172 e. The van der Waals surface area contributed by atoms with E-state index in [4.69, 9.17) is 14.7 Å². The molecule has 6 nitrogen and oxygen atoms in total. The van der Waals surface area contributed by atoms with E-state index >= 15 is 0 Å². The highest BCUT2D eigenvalue weighted by Gasteiger charge is 2.25. The van der Waals surface area contributed by atoms with Crippen molar-refractivity contribution < 1.29 is 4.74 Å². The van der Waals surface area contributed by atoms with Crippen molar-refractivity contribution in [3.63, 3.8) is 0 Å². The van der Waals surface area contributed by atoms with E-state index < -0.39 is 0 Å². The third-order valence-electron chi connectivity index (χ3n) is 5.24. The van der Waals surface area contributed by atoms with Gasteiger partial charge in [-0.2, -0.15) is 5.10 Å². The summed E-state index contributed by atoms with van der Waals surface area (Å²) in [6.45, 7) is 7.14. The fraction of sp³-hybridized carbons (Fsp3) is 0.318. The Hall–Kier alpha value is -2.77. The van der Waals surface area contributed by atoms with E-state index in [1.54, 1.807) is 11.3 Å². The third kappa shape index (κ3) is 3.63. The van der Waals surface area contributed by atoms with Gasteiger partial charge in [0.1, 0.15) is 5.82 Å². The lowest BCUT2D eigenvalue weighted by molar-refractivity contribution is 0.0268. The van der Waals surface area contributed by atoms with Crippen molar-refractivity contribution in [1.29, 1.82) is 0 Å². The van der Waals surface area contributed by atoms with E-state index in [2.05, 4.69) is 46.6 Å². The van der Waals surface area contributed by atoms with E-state index in [0.717, 1.165) is 58.4 Å². The van der Waals surface area contributed by atoms with Crippen molar-refractivity contribution in [2.45, 2.75) is 26.5 Å². The number of ether oxygens (including phenoxy) is 1. The second-order valence-electron chi connectivity index (χ2n) is 7.41. The average Bonchev–Trinajstić information content (AvgIpc) is 3.37. The summed E-state index contributed by atoms with van der Waals surface area (Å²) in [4.78, 5) is 13.2. The van der Waals surface area contributed by atoms with Crippen LogP contribution in [-0.2, 0) is 11.3 Å². The Labute approximate surface area is 173 Å². The maximum atomic E-state index is 6.07. The molecule has 7 heteroatoms. The van der Waals surface area contributed by atoms with Crippen molar-refractivity contribution in [1.82, 2.24) is 19.7 Å². The lowest BCUT2D eigenvalue weighted by Gasteiger charge is -2.34. The van der Waals surface area contributed by atoms with Crippen molar-refractivity contribution in [2.24, 2.45) is 0 Å². The molecule has 0 amide bonds. The Bertz CT molecular complexity index is 1140. The van der Waals surface area contributed by atoms with Gasteiger partial charge in [0.15, 0.2) is 5.82 Å². The molecule has 1 aromatic carbocycles. The summed E-state index contributed by atoms with van der Waals surface area (Å²) in [5, 5.41) is 7.74. The summed E-state index contributed by atoms with van der Waals surface area (Å²) in [6, 6.07) is 14.5. The van der Waals surface area contributed by atoms with E-state index in [1.807, 2.05) is 29.8 Å². The van der Waals surface area contributed by atoms with Crippen molar-refractivity contribution >= 4 is 28.1 Å². The van der Waals surface area contributed by atoms with E-state index in [0.29, 0.717) is 6.61 Å². The number of hydrogen-bond donors (Lipinski definition) is 0. The number of morpholine rings is 1. The summed E-state index contributed by atoms with van der Waals surface area (Å²) in [7, 11) is 0. The first-order valence-electron chi connectivity index (χ1n) is 9.85. The van der Waals surface area contributed by atoms with Crippen LogP contribution in [0.1, 0.15) is 11.4 Å². The molecule has 0 radical (unpaired) electrons. The molecule has 1 unspecified atom stereocenters. The molecule has 1 aliphatic rings.